The van der Waals surface area contributed by atoms with E-state index in [0.29, 0.717) is 6.42 Å². The third-order valence-corrected chi connectivity index (χ3v) is 4.34. The van der Waals surface area contributed by atoms with Crippen molar-refractivity contribution < 1.29 is 9.53 Å². The molecule has 1 aromatic carbocycles. The molecule has 0 saturated carbocycles. The first-order chi connectivity index (χ1) is 10.2. The summed E-state index contributed by atoms with van der Waals surface area (Å²) < 4.78 is 5.32. The second-order valence-corrected chi connectivity index (χ2v) is 5.81. The van der Waals surface area contributed by atoms with Crippen molar-refractivity contribution in [1.82, 2.24) is 4.90 Å². The highest BCUT2D eigenvalue weighted by Crippen LogP contribution is 2.21. The molecule has 1 saturated heterocycles. The number of nitrogens with zero attached hydrogens (tertiary/aromatic N) is 1. The topological polar surface area (TPSA) is 29.5 Å². The zero-order valence-corrected chi connectivity index (χ0v) is 13.4. The lowest BCUT2D eigenvalue weighted by Gasteiger charge is -2.19. The van der Waals surface area contributed by atoms with Crippen LogP contribution < -0.4 is 4.74 Å². The smallest absolute Gasteiger partial charge is 0.164 e. The van der Waals surface area contributed by atoms with Crippen LogP contribution in [-0.2, 0) is 6.42 Å². The van der Waals surface area contributed by atoms with Gasteiger partial charge in [0.05, 0.1) is 7.11 Å². The van der Waals surface area contributed by atoms with Crippen molar-refractivity contribution >= 4 is 5.78 Å². The number of aryl methyl sites for hydroxylation is 1. The summed E-state index contributed by atoms with van der Waals surface area (Å²) in [6, 6.07) is 5.80. The number of ketones is 1. The highest BCUT2D eigenvalue weighted by Gasteiger charge is 2.13. The van der Waals surface area contributed by atoms with Crippen molar-refractivity contribution in [3.63, 3.8) is 0 Å². The minimum absolute atomic E-state index is 0.247. The number of benzene rings is 1. The van der Waals surface area contributed by atoms with Crippen molar-refractivity contribution in [1.29, 1.82) is 0 Å². The van der Waals surface area contributed by atoms with Gasteiger partial charge in [0, 0.05) is 18.5 Å². The molecule has 0 spiro atoms. The predicted molar refractivity (Wildman–Crippen MR) is 86.2 cm³/mol. The van der Waals surface area contributed by atoms with Crippen LogP contribution in [0.1, 0.15) is 54.9 Å². The van der Waals surface area contributed by atoms with Crippen LogP contribution >= 0.6 is 0 Å². The van der Waals surface area contributed by atoms with Crippen LogP contribution in [0.5, 0.6) is 5.75 Å². The molecule has 1 aromatic rings. The normalized spacial score (nSPS) is 16.5. The molecule has 0 atom stereocenters. The highest BCUT2D eigenvalue weighted by atomic mass is 16.5. The van der Waals surface area contributed by atoms with Crippen molar-refractivity contribution in [2.45, 2.75) is 45.4 Å². The maximum Gasteiger partial charge on any atom is 0.164 e. The Kier molecular flexibility index (Phi) is 6.24. The molecule has 0 bridgehead atoms. The van der Waals surface area contributed by atoms with E-state index < -0.39 is 0 Å². The van der Waals surface area contributed by atoms with Gasteiger partial charge in [-0.3, -0.25) is 4.79 Å². The molecule has 0 N–H and O–H groups in total. The van der Waals surface area contributed by atoms with Gasteiger partial charge >= 0.3 is 0 Å². The molecule has 1 aliphatic heterocycles. The quantitative estimate of drug-likeness (QED) is 0.748. The molecule has 116 valence electrons. The molecular formula is C18H27NO2. The summed E-state index contributed by atoms with van der Waals surface area (Å²) in [6.45, 7) is 5.28. The van der Waals surface area contributed by atoms with E-state index in [-0.39, 0.29) is 5.78 Å². The number of carbonyl (C=O) groups is 1. The molecule has 2 rings (SSSR count). The van der Waals surface area contributed by atoms with Crippen molar-refractivity contribution in [2.75, 3.05) is 26.7 Å². The molecule has 1 fully saturated rings. The van der Waals surface area contributed by atoms with Crippen LogP contribution in [0.3, 0.4) is 0 Å². The van der Waals surface area contributed by atoms with Gasteiger partial charge in [-0.15, -0.1) is 0 Å². The van der Waals surface area contributed by atoms with E-state index in [1.807, 2.05) is 18.2 Å². The molecule has 21 heavy (non-hydrogen) atoms. The lowest BCUT2D eigenvalue weighted by atomic mass is 10.0. The van der Waals surface area contributed by atoms with E-state index in [0.717, 1.165) is 42.9 Å². The van der Waals surface area contributed by atoms with Gasteiger partial charge in [0.1, 0.15) is 5.75 Å². The Morgan fingerprint density at radius 3 is 2.52 bits per heavy atom. The van der Waals surface area contributed by atoms with E-state index in [1.54, 1.807) is 7.11 Å². The van der Waals surface area contributed by atoms with Gasteiger partial charge in [0.15, 0.2) is 5.78 Å². The van der Waals surface area contributed by atoms with Crippen LogP contribution in [-0.4, -0.2) is 37.4 Å². The van der Waals surface area contributed by atoms with Gasteiger partial charge in [-0.2, -0.15) is 0 Å². The first kappa shape index (κ1) is 16.0. The Labute approximate surface area is 128 Å². The van der Waals surface area contributed by atoms with Gasteiger partial charge < -0.3 is 9.64 Å². The number of carbonyl (C=O) groups excluding carboxylic acids is 1. The van der Waals surface area contributed by atoms with E-state index in [2.05, 4.69) is 11.8 Å². The number of likely N-dealkylation sites (tertiary alicyclic amines) is 1. The fourth-order valence-electron chi connectivity index (χ4n) is 2.99. The Morgan fingerprint density at radius 1 is 1.19 bits per heavy atom. The third-order valence-electron chi connectivity index (χ3n) is 4.34. The maximum absolute atomic E-state index is 12.4. The number of hydrogen-bond acceptors (Lipinski definition) is 3. The van der Waals surface area contributed by atoms with E-state index >= 15 is 0 Å². The monoisotopic (exact) mass is 289 g/mol. The summed E-state index contributed by atoms with van der Waals surface area (Å²) in [5.74, 6) is 1.12. The molecular weight excluding hydrogens is 262 g/mol. The molecule has 0 amide bonds. The van der Waals surface area contributed by atoms with Gasteiger partial charge in [-0.25, -0.2) is 0 Å². The number of hydrogen-bond donors (Lipinski definition) is 0. The molecule has 3 heteroatoms. The summed E-state index contributed by atoms with van der Waals surface area (Å²) in [7, 11) is 1.68. The fraction of sp³-hybridized carbons (Fsp3) is 0.611. The summed E-state index contributed by atoms with van der Waals surface area (Å²) in [5, 5.41) is 0. The molecule has 0 aliphatic carbocycles. The van der Waals surface area contributed by atoms with E-state index in [4.69, 9.17) is 4.74 Å². The van der Waals surface area contributed by atoms with Crippen molar-refractivity contribution in [3.8, 4) is 5.75 Å². The Bertz CT molecular complexity index is 462. The van der Waals surface area contributed by atoms with Crippen LogP contribution in [0.15, 0.2) is 18.2 Å². The average molecular weight is 289 g/mol. The summed E-state index contributed by atoms with van der Waals surface area (Å²) in [4.78, 5) is 14.8. The number of Topliss-reactive ketones (excluding diaryl/α,β-unsaturated/α-hetero) is 1. The fourth-order valence-corrected chi connectivity index (χ4v) is 2.99. The van der Waals surface area contributed by atoms with Gasteiger partial charge in [-0.1, -0.05) is 19.8 Å². The molecule has 3 nitrogen and oxygen atoms in total. The molecule has 0 radical (unpaired) electrons. The molecule has 1 aliphatic rings. The minimum Gasteiger partial charge on any atom is -0.496 e. The Hall–Kier alpha value is -1.35. The number of ether oxygens (including phenoxy) is 1. The molecule has 0 aromatic heterocycles. The summed E-state index contributed by atoms with van der Waals surface area (Å²) in [6.07, 6.45) is 6.73. The van der Waals surface area contributed by atoms with Crippen molar-refractivity contribution in [2.24, 2.45) is 0 Å². The lowest BCUT2D eigenvalue weighted by molar-refractivity contribution is 0.0964. The maximum atomic E-state index is 12.4. The lowest BCUT2D eigenvalue weighted by Crippen LogP contribution is -2.27. The predicted octanol–water partition coefficient (Wildman–Crippen LogP) is 3.71. The van der Waals surface area contributed by atoms with E-state index in [9.17, 15) is 4.79 Å². The first-order valence-corrected chi connectivity index (χ1v) is 8.17. The van der Waals surface area contributed by atoms with Gasteiger partial charge in [0.25, 0.3) is 0 Å². The Balaban J connectivity index is 1.93. The van der Waals surface area contributed by atoms with Crippen molar-refractivity contribution in [3.05, 3.63) is 29.3 Å². The molecule has 1 heterocycles. The van der Waals surface area contributed by atoms with Crippen LogP contribution in [0, 0.1) is 0 Å². The number of rotatable bonds is 6. The minimum atomic E-state index is 0.247. The zero-order chi connectivity index (χ0) is 15.1. The second-order valence-electron chi connectivity index (χ2n) is 5.81. The first-order valence-electron chi connectivity index (χ1n) is 8.17. The van der Waals surface area contributed by atoms with E-state index in [1.165, 1.54) is 25.7 Å². The standard InChI is InChI=1S/C18H27NO2/c1-3-15-14-16(8-9-18(15)21-2)17(20)10-13-19-11-6-4-5-7-12-19/h8-9,14H,3-7,10-13H2,1-2H3. The van der Waals surface area contributed by atoms with Gasteiger partial charge in [-0.05, 0) is 56.1 Å². The average Bonchev–Trinajstić information content (AvgIpc) is 2.80. The van der Waals surface area contributed by atoms with Crippen LogP contribution in [0.25, 0.3) is 0 Å². The second kappa shape index (κ2) is 8.18. The summed E-state index contributed by atoms with van der Waals surface area (Å²) >= 11 is 0. The van der Waals surface area contributed by atoms with Crippen LogP contribution in [0.2, 0.25) is 0 Å². The Morgan fingerprint density at radius 2 is 1.90 bits per heavy atom. The zero-order valence-electron chi connectivity index (χ0n) is 13.4. The van der Waals surface area contributed by atoms with Crippen LogP contribution in [0.4, 0.5) is 0 Å². The van der Waals surface area contributed by atoms with Gasteiger partial charge in [0.2, 0.25) is 0 Å². The summed E-state index contributed by atoms with van der Waals surface area (Å²) in [5.41, 5.74) is 1.93. The highest BCUT2D eigenvalue weighted by molar-refractivity contribution is 5.96. The third kappa shape index (κ3) is 4.57. The largest absolute Gasteiger partial charge is 0.496 e. The SMILES string of the molecule is CCc1cc(C(=O)CCN2CCCCCC2)ccc1OC. The number of methoxy groups -OCH3 is 1. The molecule has 0 unspecified atom stereocenters.